The molecule has 0 saturated carbocycles. The molecule has 4 N–H and O–H groups in total. The maximum atomic E-state index is 6.13. The fraction of sp³-hybridized carbons (Fsp3) is 0.478. The average molecular weight is 339 g/mol. The van der Waals surface area contributed by atoms with Crippen molar-refractivity contribution in [3.05, 3.63) is 59.2 Å². The van der Waals surface area contributed by atoms with Gasteiger partial charge in [0, 0.05) is 17.3 Å². The predicted octanol–water partition coefficient (Wildman–Crippen LogP) is 6.15. The van der Waals surface area contributed by atoms with E-state index in [1.165, 1.54) is 49.7 Å². The number of aryl methyl sites for hydroxylation is 1. The summed E-state index contributed by atoms with van der Waals surface area (Å²) in [7, 11) is 0. The van der Waals surface area contributed by atoms with Crippen molar-refractivity contribution in [3.8, 4) is 0 Å². The van der Waals surface area contributed by atoms with Crippen molar-refractivity contribution in [2.75, 3.05) is 11.5 Å². The van der Waals surface area contributed by atoms with Crippen molar-refractivity contribution in [1.29, 1.82) is 0 Å². The van der Waals surface area contributed by atoms with Crippen LogP contribution in [0.25, 0.3) is 0 Å². The zero-order valence-electron chi connectivity index (χ0n) is 16.1. The molecular formula is C23H34N2. The Kier molecular flexibility index (Phi) is 7.36. The fourth-order valence-corrected chi connectivity index (χ4v) is 3.38. The van der Waals surface area contributed by atoms with Gasteiger partial charge in [-0.25, -0.2) is 0 Å². The molecule has 0 saturated heterocycles. The maximum absolute atomic E-state index is 6.13. The highest BCUT2D eigenvalue weighted by Crippen LogP contribution is 2.30. The summed E-state index contributed by atoms with van der Waals surface area (Å²) in [5, 5.41) is 0. The molecule has 25 heavy (non-hydrogen) atoms. The molecule has 2 heteroatoms. The molecule has 0 spiro atoms. The van der Waals surface area contributed by atoms with Crippen LogP contribution in [-0.2, 0) is 6.42 Å². The summed E-state index contributed by atoms with van der Waals surface area (Å²) >= 11 is 0. The van der Waals surface area contributed by atoms with Crippen LogP contribution in [0.2, 0.25) is 0 Å². The van der Waals surface area contributed by atoms with Gasteiger partial charge in [0.15, 0.2) is 0 Å². The van der Waals surface area contributed by atoms with Gasteiger partial charge in [0.1, 0.15) is 0 Å². The smallest absolute Gasteiger partial charge is 0.0373 e. The van der Waals surface area contributed by atoms with Crippen molar-refractivity contribution in [2.24, 2.45) is 5.92 Å². The second kappa shape index (κ2) is 9.50. The molecule has 0 radical (unpaired) electrons. The lowest BCUT2D eigenvalue weighted by molar-refractivity contribution is 0.520. The SMILES string of the molecule is CC(C)CCCCCCc1ccc(C(C)c2ccc(N)cc2N)cc1. The summed E-state index contributed by atoms with van der Waals surface area (Å²) in [5.41, 5.74) is 17.3. The summed E-state index contributed by atoms with van der Waals surface area (Å²) < 4.78 is 0. The van der Waals surface area contributed by atoms with Crippen LogP contribution >= 0.6 is 0 Å². The zero-order chi connectivity index (χ0) is 18.2. The van der Waals surface area contributed by atoms with Gasteiger partial charge < -0.3 is 11.5 Å². The minimum absolute atomic E-state index is 0.283. The largest absolute Gasteiger partial charge is 0.399 e. The molecule has 2 aromatic carbocycles. The topological polar surface area (TPSA) is 52.0 Å². The first-order chi connectivity index (χ1) is 12.0. The minimum atomic E-state index is 0.283. The Morgan fingerprint density at radius 3 is 2.12 bits per heavy atom. The molecule has 0 heterocycles. The molecule has 2 rings (SSSR count). The molecule has 0 aliphatic heterocycles. The number of benzene rings is 2. The van der Waals surface area contributed by atoms with Crippen molar-refractivity contribution in [1.82, 2.24) is 0 Å². The first-order valence-corrected chi connectivity index (χ1v) is 9.71. The summed E-state index contributed by atoms with van der Waals surface area (Å²) in [6, 6.07) is 14.8. The third-order valence-corrected chi connectivity index (χ3v) is 5.05. The number of hydrogen-bond donors (Lipinski definition) is 2. The molecule has 1 atom stereocenters. The monoisotopic (exact) mass is 338 g/mol. The highest BCUT2D eigenvalue weighted by atomic mass is 14.6. The van der Waals surface area contributed by atoms with Crippen LogP contribution in [0.5, 0.6) is 0 Å². The lowest BCUT2D eigenvalue weighted by Crippen LogP contribution is -2.02. The molecule has 0 amide bonds. The normalized spacial score (nSPS) is 12.5. The molecule has 136 valence electrons. The van der Waals surface area contributed by atoms with Gasteiger partial charge in [-0.3, -0.25) is 0 Å². The fourth-order valence-electron chi connectivity index (χ4n) is 3.38. The quantitative estimate of drug-likeness (QED) is 0.425. The van der Waals surface area contributed by atoms with Crippen LogP contribution in [0.3, 0.4) is 0 Å². The van der Waals surface area contributed by atoms with Gasteiger partial charge in [-0.05, 0) is 47.6 Å². The highest BCUT2D eigenvalue weighted by Gasteiger charge is 2.11. The first kappa shape index (κ1) is 19.4. The molecule has 0 aliphatic carbocycles. The van der Waals surface area contributed by atoms with E-state index in [4.69, 9.17) is 11.5 Å². The van der Waals surface area contributed by atoms with Crippen LogP contribution < -0.4 is 11.5 Å². The van der Waals surface area contributed by atoms with Crippen molar-refractivity contribution >= 4 is 11.4 Å². The van der Waals surface area contributed by atoms with Crippen LogP contribution in [0.1, 0.15) is 75.5 Å². The first-order valence-electron chi connectivity index (χ1n) is 9.71. The molecule has 0 aliphatic rings. The summed E-state index contributed by atoms with van der Waals surface area (Å²) in [4.78, 5) is 0. The van der Waals surface area contributed by atoms with Gasteiger partial charge in [0.2, 0.25) is 0 Å². The average Bonchev–Trinajstić information content (AvgIpc) is 2.58. The second-order valence-corrected chi connectivity index (χ2v) is 7.70. The standard InChI is InChI=1S/C23H34N2/c1-17(2)8-6-4-5-7-9-19-10-12-20(13-11-19)18(3)22-15-14-21(24)16-23(22)25/h10-18H,4-9,24-25H2,1-3H3. The molecule has 2 aromatic rings. The van der Waals surface area contributed by atoms with E-state index in [0.717, 1.165) is 22.9 Å². The molecule has 0 bridgehead atoms. The molecule has 0 aromatic heterocycles. The summed E-state index contributed by atoms with van der Waals surface area (Å²) in [6.07, 6.45) is 7.91. The summed E-state index contributed by atoms with van der Waals surface area (Å²) in [6.45, 7) is 6.81. The van der Waals surface area contributed by atoms with Crippen LogP contribution in [0.15, 0.2) is 42.5 Å². The van der Waals surface area contributed by atoms with Gasteiger partial charge in [0.25, 0.3) is 0 Å². The van der Waals surface area contributed by atoms with Crippen LogP contribution in [-0.4, -0.2) is 0 Å². The van der Waals surface area contributed by atoms with E-state index in [-0.39, 0.29) is 5.92 Å². The van der Waals surface area contributed by atoms with Gasteiger partial charge in [-0.15, -0.1) is 0 Å². The third kappa shape index (κ3) is 6.12. The van der Waals surface area contributed by atoms with E-state index in [2.05, 4.69) is 45.0 Å². The lowest BCUT2D eigenvalue weighted by Gasteiger charge is -2.16. The number of rotatable bonds is 9. The van der Waals surface area contributed by atoms with Gasteiger partial charge in [-0.2, -0.15) is 0 Å². The van der Waals surface area contributed by atoms with E-state index in [9.17, 15) is 0 Å². The van der Waals surface area contributed by atoms with E-state index in [1.807, 2.05) is 18.2 Å². The third-order valence-electron chi connectivity index (χ3n) is 5.05. The van der Waals surface area contributed by atoms with E-state index < -0.39 is 0 Å². The molecule has 0 fully saturated rings. The Morgan fingerprint density at radius 1 is 0.800 bits per heavy atom. The van der Waals surface area contributed by atoms with E-state index >= 15 is 0 Å². The van der Waals surface area contributed by atoms with Crippen LogP contribution in [0.4, 0.5) is 11.4 Å². The number of nitrogens with two attached hydrogens (primary N) is 2. The Hall–Kier alpha value is -1.96. The van der Waals surface area contributed by atoms with E-state index in [0.29, 0.717) is 0 Å². The van der Waals surface area contributed by atoms with E-state index in [1.54, 1.807) is 0 Å². The second-order valence-electron chi connectivity index (χ2n) is 7.70. The van der Waals surface area contributed by atoms with Crippen molar-refractivity contribution in [2.45, 2.75) is 65.2 Å². The van der Waals surface area contributed by atoms with Crippen molar-refractivity contribution in [3.63, 3.8) is 0 Å². The number of unbranched alkanes of at least 4 members (excludes halogenated alkanes) is 3. The molecule has 1 unspecified atom stereocenters. The Morgan fingerprint density at radius 2 is 1.48 bits per heavy atom. The highest BCUT2D eigenvalue weighted by molar-refractivity contribution is 5.59. The minimum Gasteiger partial charge on any atom is -0.399 e. The Labute approximate surface area is 153 Å². The number of nitrogen functional groups attached to an aromatic ring is 2. The Bertz CT molecular complexity index is 644. The van der Waals surface area contributed by atoms with Crippen molar-refractivity contribution < 1.29 is 0 Å². The van der Waals surface area contributed by atoms with Gasteiger partial charge in [-0.1, -0.05) is 76.8 Å². The Balaban J connectivity index is 1.85. The van der Waals surface area contributed by atoms with Gasteiger partial charge >= 0.3 is 0 Å². The van der Waals surface area contributed by atoms with Gasteiger partial charge in [0.05, 0.1) is 0 Å². The summed E-state index contributed by atoms with van der Waals surface area (Å²) in [5.74, 6) is 1.12. The molecule has 2 nitrogen and oxygen atoms in total. The number of hydrogen-bond acceptors (Lipinski definition) is 2. The lowest BCUT2D eigenvalue weighted by atomic mass is 9.90. The number of anilines is 2. The van der Waals surface area contributed by atoms with Crippen LogP contribution in [0, 0.1) is 5.92 Å². The molecular weight excluding hydrogens is 304 g/mol. The maximum Gasteiger partial charge on any atom is 0.0373 e. The predicted molar refractivity (Wildman–Crippen MR) is 111 cm³/mol. The zero-order valence-corrected chi connectivity index (χ0v) is 16.1.